The number of halogens is 1. The molecule has 0 saturated carbocycles. The van der Waals surface area contributed by atoms with E-state index in [1.54, 1.807) is 7.11 Å². The average Bonchev–Trinajstić information content (AvgIpc) is 2.47. The van der Waals surface area contributed by atoms with Gasteiger partial charge in [-0.05, 0) is 42.3 Å². The maximum absolute atomic E-state index is 6.18. The van der Waals surface area contributed by atoms with Gasteiger partial charge in [0.05, 0.1) is 12.1 Å². The highest BCUT2D eigenvalue weighted by molar-refractivity contribution is 6.32. The third kappa shape index (κ3) is 3.44. The predicted octanol–water partition coefficient (Wildman–Crippen LogP) is 3.74. The van der Waals surface area contributed by atoms with E-state index in [0.29, 0.717) is 17.3 Å². The SMILES string of the molecule is COc1ccc(C(CN)Oc2ccc(C)cc2Cl)cc1. The van der Waals surface area contributed by atoms with Crippen molar-refractivity contribution in [1.29, 1.82) is 0 Å². The topological polar surface area (TPSA) is 44.5 Å². The molecule has 2 N–H and O–H groups in total. The summed E-state index contributed by atoms with van der Waals surface area (Å²) in [6.07, 6.45) is -0.235. The van der Waals surface area contributed by atoms with Crippen molar-refractivity contribution >= 4 is 11.6 Å². The Balaban J connectivity index is 2.19. The van der Waals surface area contributed by atoms with E-state index in [4.69, 9.17) is 26.8 Å². The Kier molecular flexibility index (Phi) is 4.88. The van der Waals surface area contributed by atoms with E-state index >= 15 is 0 Å². The maximum atomic E-state index is 6.18. The molecule has 0 heterocycles. The van der Waals surface area contributed by atoms with Crippen LogP contribution in [0.3, 0.4) is 0 Å². The van der Waals surface area contributed by atoms with E-state index in [1.165, 1.54) is 0 Å². The van der Waals surface area contributed by atoms with Gasteiger partial charge in [0.25, 0.3) is 0 Å². The van der Waals surface area contributed by atoms with Gasteiger partial charge in [-0.3, -0.25) is 0 Å². The summed E-state index contributed by atoms with van der Waals surface area (Å²) in [6, 6.07) is 13.4. The molecule has 0 saturated heterocycles. The highest BCUT2D eigenvalue weighted by Crippen LogP contribution is 2.30. The lowest BCUT2D eigenvalue weighted by Gasteiger charge is -2.19. The number of aryl methyl sites for hydroxylation is 1. The predicted molar refractivity (Wildman–Crippen MR) is 81.6 cm³/mol. The second kappa shape index (κ2) is 6.64. The molecule has 0 amide bonds. The van der Waals surface area contributed by atoms with Gasteiger partial charge in [0, 0.05) is 6.54 Å². The highest BCUT2D eigenvalue weighted by atomic mass is 35.5. The average molecular weight is 292 g/mol. The molecule has 0 radical (unpaired) electrons. The van der Waals surface area contributed by atoms with Crippen molar-refractivity contribution in [2.75, 3.05) is 13.7 Å². The van der Waals surface area contributed by atoms with E-state index in [9.17, 15) is 0 Å². The molecule has 0 spiro atoms. The molecule has 2 rings (SSSR count). The van der Waals surface area contributed by atoms with Crippen molar-refractivity contribution in [3.05, 3.63) is 58.6 Å². The van der Waals surface area contributed by atoms with Gasteiger partial charge in [-0.25, -0.2) is 0 Å². The molecule has 0 fully saturated rings. The monoisotopic (exact) mass is 291 g/mol. The van der Waals surface area contributed by atoms with Crippen molar-refractivity contribution in [2.24, 2.45) is 5.73 Å². The Bertz CT molecular complexity index is 569. The van der Waals surface area contributed by atoms with Gasteiger partial charge in [0.2, 0.25) is 0 Å². The summed E-state index contributed by atoms with van der Waals surface area (Å²) in [5.41, 5.74) is 7.89. The number of ether oxygens (including phenoxy) is 2. The fraction of sp³-hybridized carbons (Fsp3) is 0.250. The molecule has 0 aliphatic rings. The molecule has 2 aromatic carbocycles. The lowest BCUT2D eigenvalue weighted by atomic mass is 10.1. The summed E-state index contributed by atoms with van der Waals surface area (Å²) in [5, 5.41) is 0.594. The lowest BCUT2D eigenvalue weighted by molar-refractivity contribution is 0.214. The van der Waals surface area contributed by atoms with Crippen LogP contribution in [0.2, 0.25) is 5.02 Å². The summed E-state index contributed by atoms with van der Waals surface area (Å²) >= 11 is 6.18. The highest BCUT2D eigenvalue weighted by Gasteiger charge is 2.13. The number of hydrogen-bond acceptors (Lipinski definition) is 3. The van der Waals surface area contributed by atoms with Gasteiger partial charge in [-0.2, -0.15) is 0 Å². The molecule has 106 valence electrons. The zero-order valence-corrected chi connectivity index (χ0v) is 12.4. The Hall–Kier alpha value is -1.71. The van der Waals surface area contributed by atoms with Gasteiger partial charge in [-0.1, -0.05) is 29.8 Å². The fourth-order valence-corrected chi connectivity index (χ4v) is 2.21. The zero-order chi connectivity index (χ0) is 14.5. The number of benzene rings is 2. The third-order valence-electron chi connectivity index (χ3n) is 3.06. The first-order chi connectivity index (χ1) is 9.63. The van der Waals surface area contributed by atoms with Crippen molar-refractivity contribution in [3.63, 3.8) is 0 Å². The summed E-state index contributed by atoms with van der Waals surface area (Å²) in [5.74, 6) is 1.45. The quantitative estimate of drug-likeness (QED) is 0.913. The molecule has 2 aromatic rings. The normalized spacial score (nSPS) is 12.0. The van der Waals surface area contributed by atoms with Crippen molar-refractivity contribution < 1.29 is 9.47 Å². The first-order valence-corrected chi connectivity index (χ1v) is 6.78. The van der Waals surface area contributed by atoms with Crippen LogP contribution in [0.25, 0.3) is 0 Å². The number of nitrogens with two attached hydrogens (primary N) is 1. The van der Waals surface area contributed by atoms with Crippen LogP contribution >= 0.6 is 11.6 Å². The van der Waals surface area contributed by atoms with Gasteiger partial charge in [-0.15, -0.1) is 0 Å². The van der Waals surface area contributed by atoms with Crippen LogP contribution in [0.15, 0.2) is 42.5 Å². The second-order valence-corrected chi connectivity index (χ2v) is 4.96. The number of rotatable bonds is 5. The van der Waals surface area contributed by atoms with Gasteiger partial charge < -0.3 is 15.2 Å². The minimum atomic E-state index is -0.235. The van der Waals surface area contributed by atoms with Gasteiger partial charge in [0.1, 0.15) is 17.6 Å². The van der Waals surface area contributed by atoms with Crippen molar-refractivity contribution in [3.8, 4) is 11.5 Å². The zero-order valence-electron chi connectivity index (χ0n) is 11.6. The first kappa shape index (κ1) is 14.7. The van der Waals surface area contributed by atoms with Crippen LogP contribution in [0.4, 0.5) is 0 Å². The standard InChI is InChI=1S/C16H18ClNO2/c1-11-3-8-15(14(17)9-11)20-16(10-18)12-4-6-13(19-2)7-5-12/h3-9,16H,10,18H2,1-2H3. The van der Waals surface area contributed by atoms with Gasteiger partial charge >= 0.3 is 0 Å². The van der Waals surface area contributed by atoms with E-state index in [-0.39, 0.29) is 6.10 Å². The smallest absolute Gasteiger partial charge is 0.138 e. The van der Waals surface area contributed by atoms with Crippen LogP contribution in [0, 0.1) is 6.92 Å². The summed E-state index contributed by atoms with van der Waals surface area (Å²) in [6.45, 7) is 2.36. The molecule has 0 aliphatic carbocycles. The largest absolute Gasteiger partial charge is 0.497 e. The number of hydrogen-bond donors (Lipinski definition) is 1. The van der Waals surface area contributed by atoms with Crippen LogP contribution in [-0.2, 0) is 0 Å². The second-order valence-electron chi connectivity index (χ2n) is 4.55. The summed E-state index contributed by atoms with van der Waals surface area (Å²) < 4.78 is 11.1. The summed E-state index contributed by atoms with van der Waals surface area (Å²) in [4.78, 5) is 0. The Morgan fingerprint density at radius 2 is 1.85 bits per heavy atom. The fourth-order valence-electron chi connectivity index (χ4n) is 1.93. The minimum absolute atomic E-state index is 0.235. The molecule has 1 atom stereocenters. The maximum Gasteiger partial charge on any atom is 0.138 e. The Labute approximate surface area is 124 Å². The van der Waals surface area contributed by atoms with Crippen molar-refractivity contribution in [1.82, 2.24) is 0 Å². The van der Waals surface area contributed by atoms with E-state index in [1.807, 2.05) is 49.4 Å². The molecular weight excluding hydrogens is 274 g/mol. The molecule has 1 unspecified atom stereocenters. The molecular formula is C16H18ClNO2. The van der Waals surface area contributed by atoms with Gasteiger partial charge in [0.15, 0.2) is 0 Å². The third-order valence-corrected chi connectivity index (χ3v) is 3.35. The summed E-state index contributed by atoms with van der Waals surface area (Å²) in [7, 11) is 1.64. The van der Waals surface area contributed by atoms with E-state index in [0.717, 1.165) is 16.9 Å². The Morgan fingerprint density at radius 1 is 1.15 bits per heavy atom. The first-order valence-electron chi connectivity index (χ1n) is 6.41. The lowest BCUT2D eigenvalue weighted by Crippen LogP contribution is -2.18. The van der Waals surface area contributed by atoms with Crippen LogP contribution in [0.5, 0.6) is 11.5 Å². The van der Waals surface area contributed by atoms with Crippen molar-refractivity contribution in [2.45, 2.75) is 13.0 Å². The molecule has 0 bridgehead atoms. The number of methoxy groups -OCH3 is 1. The Morgan fingerprint density at radius 3 is 2.40 bits per heavy atom. The molecule has 3 nitrogen and oxygen atoms in total. The molecule has 4 heteroatoms. The van der Waals surface area contributed by atoms with Crippen LogP contribution in [0.1, 0.15) is 17.2 Å². The van der Waals surface area contributed by atoms with E-state index in [2.05, 4.69) is 0 Å². The molecule has 0 aliphatic heterocycles. The molecule has 20 heavy (non-hydrogen) atoms. The van der Waals surface area contributed by atoms with Crippen LogP contribution < -0.4 is 15.2 Å². The molecule has 0 aromatic heterocycles. The van der Waals surface area contributed by atoms with E-state index < -0.39 is 0 Å². The minimum Gasteiger partial charge on any atom is -0.497 e. The van der Waals surface area contributed by atoms with Crippen LogP contribution in [-0.4, -0.2) is 13.7 Å².